The number of hydrogen-bond acceptors (Lipinski definition) is 5. The zero-order valence-electron chi connectivity index (χ0n) is 16.9. The summed E-state index contributed by atoms with van der Waals surface area (Å²) in [5, 5.41) is 5.13. The lowest BCUT2D eigenvalue weighted by Gasteiger charge is -2.24. The van der Waals surface area contributed by atoms with E-state index in [2.05, 4.69) is 42.9 Å². The fourth-order valence-corrected chi connectivity index (χ4v) is 4.08. The molecule has 0 aliphatic carbocycles. The molecule has 0 saturated carbocycles. The lowest BCUT2D eigenvalue weighted by molar-refractivity contribution is 0.0978. The second-order valence-electron chi connectivity index (χ2n) is 6.51. The molecule has 0 radical (unpaired) electrons. The highest BCUT2D eigenvalue weighted by atomic mass is 35.5. The smallest absolute Gasteiger partial charge is 0.280 e. The summed E-state index contributed by atoms with van der Waals surface area (Å²) in [6.07, 6.45) is 1.84. The highest BCUT2D eigenvalue weighted by molar-refractivity contribution is 7.22. The van der Waals surface area contributed by atoms with E-state index in [1.165, 1.54) is 5.56 Å². The minimum Gasteiger partial charge on any atom is -0.302 e. The number of fused-ring (bicyclic) bond motifs is 1. The number of rotatable bonds is 8. The Morgan fingerprint density at radius 3 is 2.54 bits per heavy atom. The molecule has 0 saturated heterocycles. The highest BCUT2D eigenvalue weighted by Crippen LogP contribution is 2.30. The number of thiazole rings is 1. The number of anilines is 1. The number of aryl methyl sites for hydroxylation is 2. The van der Waals surface area contributed by atoms with Gasteiger partial charge in [0.15, 0.2) is 10.8 Å². The van der Waals surface area contributed by atoms with Crippen LogP contribution in [-0.2, 0) is 6.54 Å². The molecule has 2 heterocycles. The molecular weight excluding hydrogens is 394 g/mol. The number of carbonyl (C=O) groups is 1. The van der Waals surface area contributed by atoms with Gasteiger partial charge in [-0.3, -0.25) is 14.4 Å². The van der Waals surface area contributed by atoms with E-state index in [0.717, 1.165) is 41.5 Å². The highest BCUT2D eigenvalue weighted by Gasteiger charge is 2.23. The average molecular weight is 422 g/mol. The SMILES string of the molecule is CCN(CC)CCN(C(=O)c1ccn(CC)n1)c1nc2ccc(C)cc2s1.Cl. The Labute approximate surface area is 176 Å². The third kappa shape index (κ3) is 4.90. The molecule has 0 bridgehead atoms. The predicted octanol–water partition coefficient (Wildman–Crippen LogP) is 4.23. The lowest BCUT2D eigenvalue weighted by Crippen LogP contribution is -2.39. The molecular formula is C20H28ClN5OS. The molecule has 0 atom stereocenters. The first-order chi connectivity index (χ1) is 13.0. The van der Waals surface area contributed by atoms with Crippen LogP contribution in [0.4, 0.5) is 5.13 Å². The van der Waals surface area contributed by atoms with Crippen LogP contribution in [-0.4, -0.2) is 51.8 Å². The molecule has 3 rings (SSSR count). The zero-order chi connectivity index (χ0) is 19.4. The topological polar surface area (TPSA) is 54.3 Å². The van der Waals surface area contributed by atoms with Crippen LogP contribution in [0.25, 0.3) is 10.2 Å². The first kappa shape index (κ1) is 22.3. The maximum atomic E-state index is 13.2. The van der Waals surface area contributed by atoms with Crippen molar-refractivity contribution in [3.05, 3.63) is 41.7 Å². The lowest BCUT2D eigenvalue weighted by atomic mass is 10.2. The Balaban J connectivity index is 0.00000280. The van der Waals surface area contributed by atoms with Crippen LogP contribution in [0.5, 0.6) is 0 Å². The molecule has 1 amide bonds. The number of halogens is 1. The number of likely N-dealkylation sites (N-methyl/N-ethyl adjacent to an activating group) is 1. The van der Waals surface area contributed by atoms with Gasteiger partial charge in [0.25, 0.3) is 5.91 Å². The van der Waals surface area contributed by atoms with Crippen molar-refractivity contribution in [2.75, 3.05) is 31.1 Å². The third-order valence-electron chi connectivity index (χ3n) is 4.73. The van der Waals surface area contributed by atoms with Crippen LogP contribution in [0.2, 0.25) is 0 Å². The molecule has 1 aromatic carbocycles. The van der Waals surface area contributed by atoms with Crippen LogP contribution in [0.1, 0.15) is 36.8 Å². The van der Waals surface area contributed by atoms with Gasteiger partial charge in [-0.1, -0.05) is 31.3 Å². The Hall–Kier alpha value is -1.96. The molecule has 8 heteroatoms. The van der Waals surface area contributed by atoms with Crippen LogP contribution >= 0.6 is 23.7 Å². The van der Waals surface area contributed by atoms with Gasteiger partial charge in [0.05, 0.1) is 10.2 Å². The summed E-state index contributed by atoms with van der Waals surface area (Å²) in [5.74, 6) is -0.0925. The minimum atomic E-state index is -0.0925. The van der Waals surface area contributed by atoms with E-state index in [1.54, 1.807) is 27.0 Å². The molecule has 28 heavy (non-hydrogen) atoms. The van der Waals surface area contributed by atoms with Crippen molar-refractivity contribution >= 4 is 45.0 Å². The zero-order valence-corrected chi connectivity index (χ0v) is 18.5. The quantitative estimate of drug-likeness (QED) is 0.546. The van der Waals surface area contributed by atoms with E-state index >= 15 is 0 Å². The van der Waals surface area contributed by atoms with Crippen molar-refractivity contribution in [2.45, 2.75) is 34.2 Å². The number of hydrogen-bond donors (Lipinski definition) is 0. The second kappa shape index (κ2) is 10.0. The first-order valence-corrected chi connectivity index (χ1v) is 10.3. The molecule has 0 unspecified atom stereocenters. The normalized spacial score (nSPS) is 11.0. The van der Waals surface area contributed by atoms with Crippen molar-refractivity contribution in [3.63, 3.8) is 0 Å². The minimum absolute atomic E-state index is 0. The Bertz CT molecular complexity index is 918. The van der Waals surface area contributed by atoms with Gasteiger partial charge in [0.1, 0.15) is 0 Å². The summed E-state index contributed by atoms with van der Waals surface area (Å²) in [6.45, 7) is 12.4. The summed E-state index contributed by atoms with van der Waals surface area (Å²) in [7, 11) is 0. The second-order valence-corrected chi connectivity index (χ2v) is 7.52. The number of carbonyl (C=O) groups excluding carboxylic acids is 1. The summed E-state index contributed by atoms with van der Waals surface area (Å²) < 4.78 is 2.88. The Morgan fingerprint density at radius 2 is 1.89 bits per heavy atom. The van der Waals surface area contributed by atoms with Crippen molar-refractivity contribution in [1.82, 2.24) is 19.7 Å². The van der Waals surface area contributed by atoms with Crippen LogP contribution < -0.4 is 4.90 Å². The van der Waals surface area contributed by atoms with Gasteiger partial charge in [0.2, 0.25) is 0 Å². The van der Waals surface area contributed by atoms with Crippen molar-refractivity contribution in [3.8, 4) is 0 Å². The molecule has 3 aromatic rings. The van der Waals surface area contributed by atoms with Gasteiger partial charge >= 0.3 is 0 Å². The largest absolute Gasteiger partial charge is 0.302 e. The summed E-state index contributed by atoms with van der Waals surface area (Å²) in [4.78, 5) is 22.0. The summed E-state index contributed by atoms with van der Waals surface area (Å²) >= 11 is 1.56. The summed E-state index contributed by atoms with van der Waals surface area (Å²) in [6, 6.07) is 7.98. The van der Waals surface area contributed by atoms with Gasteiger partial charge < -0.3 is 4.90 Å². The monoisotopic (exact) mass is 421 g/mol. The standard InChI is InChI=1S/C20H27N5OS.ClH/c1-5-23(6-2)12-13-25(19(26)17-10-11-24(7-3)22-17)20-21-16-9-8-15(4)14-18(16)27-20;/h8-11,14H,5-7,12-13H2,1-4H3;1H. The number of nitrogens with zero attached hydrogens (tertiary/aromatic N) is 5. The third-order valence-corrected chi connectivity index (χ3v) is 5.77. The molecule has 0 aliphatic rings. The van der Waals surface area contributed by atoms with Crippen LogP contribution in [0, 0.1) is 6.92 Å². The molecule has 0 aliphatic heterocycles. The van der Waals surface area contributed by atoms with E-state index < -0.39 is 0 Å². The van der Waals surface area contributed by atoms with Gasteiger partial charge in [-0.15, -0.1) is 12.4 Å². The van der Waals surface area contributed by atoms with Crippen molar-refractivity contribution in [2.24, 2.45) is 0 Å². The summed E-state index contributed by atoms with van der Waals surface area (Å²) in [5.41, 5.74) is 2.59. The predicted molar refractivity (Wildman–Crippen MR) is 119 cm³/mol. The van der Waals surface area contributed by atoms with E-state index in [0.29, 0.717) is 12.2 Å². The number of amides is 1. The molecule has 0 N–H and O–H groups in total. The van der Waals surface area contributed by atoms with E-state index in [4.69, 9.17) is 4.98 Å². The van der Waals surface area contributed by atoms with Gasteiger partial charge in [0, 0.05) is 25.8 Å². The average Bonchev–Trinajstić information content (AvgIpc) is 3.31. The van der Waals surface area contributed by atoms with Crippen molar-refractivity contribution in [1.29, 1.82) is 0 Å². The van der Waals surface area contributed by atoms with E-state index in [9.17, 15) is 4.79 Å². The molecule has 2 aromatic heterocycles. The Kier molecular flexibility index (Phi) is 7.98. The number of benzene rings is 1. The molecule has 6 nitrogen and oxygen atoms in total. The van der Waals surface area contributed by atoms with Crippen molar-refractivity contribution < 1.29 is 4.79 Å². The van der Waals surface area contributed by atoms with Gasteiger partial charge in [-0.25, -0.2) is 4.98 Å². The van der Waals surface area contributed by atoms with E-state index in [-0.39, 0.29) is 18.3 Å². The van der Waals surface area contributed by atoms with Gasteiger partial charge in [-0.2, -0.15) is 5.10 Å². The van der Waals surface area contributed by atoms with Crippen LogP contribution in [0.15, 0.2) is 30.5 Å². The van der Waals surface area contributed by atoms with Gasteiger partial charge in [-0.05, 0) is 50.7 Å². The molecule has 152 valence electrons. The molecule has 0 spiro atoms. The number of aromatic nitrogens is 3. The maximum absolute atomic E-state index is 13.2. The van der Waals surface area contributed by atoms with Crippen LogP contribution in [0.3, 0.4) is 0 Å². The first-order valence-electron chi connectivity index (χ1n) is 9.50. The maximum Gasteiger partial charge on any atom is 0.280 e. The van der Waals surface area contributed by atoms with E-state index in [1.807, 2.05) is 19.2 Å². The Morgan fingerprint density at radius 1 is 1.14 bits per heavy atom. The fraction of sp³-hybridized carbons (Fsp3) is 0.450. The molecule has 0 fully saturated rings. The fourth-order valence-electron chi connectivity index (χ4n) is 2.99.